The Hall–Kier alpha value is -3.29. The van der Waals surface area contributed by atoms with Crippen LogP contribution in [0.15, 0.2) is 29.2 Å². The maximum Gasteiger partial charge on any atom is 0.341 e. The van der Waals surface area contributed by atoms with E-state index in [0.717, 1.165) is 24.0 Å². The molecule has 2 aliphatic heterocycles. The van der Waals surface area contributed by atoms with E-state index in [2.05, 4.69) is 18.9 Å². The van der Waals surface area contributed by atoms with Crippen LogP contribution < -0.4 is 19.9 Å². The SMILES string of the molecule is COc1cc2c(cc1OCC1CC(=O)C1)C1CCC(C)(C)N1n1cc(C(=O)O)c(=O)cc1-2. The fourth-order valence-electron chi connectivity index (χ4n) is 5.20. The lowest BCUT2D eigenvalue weighted by Crippen LogP contribution is -2.50. The highest BCUT2D eigenvalue weighted by atomic mass is 16.5. The van der Waals surface area contributed by atoms with Gasteiger partial charge in [-0.1, -0.05) is 0 Å². The molecule has 32 heavy (non-hydrogen) atoms. The van der Waals surface area contributed by atoms with Crippen molar-refractivity contribution in [2.75, 3.05) is 18.7 Å². The van der Waals surface area contributed by atoms with Gasteiger partial charge in [-0.2, -0.15) is 0 Å². The number of carboxylic acids is 1. The first-order valence-electron chi connectivity index (χ1n) is 10.9. The first kappa shape index (κ1) is 20.6. The number of ether oxygens (including phenoxy) is 2. The predicted molar refractivity (Wildman–Crippen MR) is 117 cm³/mol. The molecular weight excluding hydrogens is 412 g/mol. The van der Waals surface area contributed by atoms with Gasteiger partial charge in [0.15, 0.2) is 16.9 Å². The third-order valence-electron chi connectivity index (χ3n) is 6.92. The number of carbonyl (C=O) groups is 2. The molecule has 0 amide bonds. The minimum Gasteiger partial charge on any atom is -0.493 e. The summed E-state index contributed by atoms with van der Waals surface area (Å²) in [5, 5.41) is 11.7. The molecule has 8 nitrogen and oxygen atoms in total. The number of Topliss-reactive ketones (excluding diaryl/α,β-unsaturated/α-hetero) is 1. The monoisotopic (exact) mass is 438 g/mol. The van der Waals surface area contributed by atoms with Crippen molar-refractivity contribution in [1.29, 1.82) is 0 Å². The summed E-state index contributed by atoms with van der Waals surface area (Å²) in [7, 11) is 1.57. The van der Waals surface area contributed by atoms with E-state index in [0.29, 0.717) is 36.6 Å². The van der Waals surface area contributed by atoms with Crippen LogP contribution in [-0.4, -0.2) is 40.8 Å². The van der Waals surface area contributed by atoms with Gasteiger partial charge in [-0.3, -0.25) is 19.3 Å². The van der Waals surface area contributed by atoms with E-state index in [9.17, 15) is 19.5 Å². The molecule has 168 valence electrons. The maximum atomic E-state index is 12.6. The largest absolute Gasteiger partial charge is 0.493 e. The first-order chi connectivity index (χ1) is 15.2. The first-order valence-corrected chi connectivity index (χ1v) is 10.9. The van der Waals surface area contributed by atoms with Crippen molar-refractivity contribution >= 4 is 11.8 Å². The standard InChI is InChI=1S/C24H26N2O6/c1-24(2)5-4-18-15-9-22(32-12-13-6-14(27)7-13)21(31-3)8-16(15)19-10-20(28)17(23(29)30)11-25(19)26(18)24/h8-11,13,18H,4-7,12H2,1-3H3,(H,29,30). The van der Waals surface area contributed by atoms with Crippen LogP contribution in [0.4, 0.5) is 0 Å². The van der Waals surface area contributed by atoms with Crippen molar-refractivity contribution in [2.45, 2.75) is 51.1 Å². The quantitative estimate of drug-likeness (QED) is 0.766. The van der Waals surface area contributed by atoms with Crippen molar-refractivity contribution in [3.8, 4) is 22.8 Å². The summed E-state index contributed by atoms with van der Waals surface area (Å²) in [6, 6.07) is 5.25. The van der Waals surface area contributed by atoms with Gasteiger partial charge in [0.25, 0.3) is 0 Å². The lowest BCUT2D eigenvalue weighted by molar-refractivity contribution is -0.127. The van der Waals surface area contributed by atoms with Gasteiger partial charge in [-0.25, -0.2) is 4.79 Å². The molecule has 5 rings (SSSR count). The summed E-state index contributed by atoms with van der Waals surface area (Å²) in [4.78, 5) is 35.5. The number of nitrogens with zero attached hydrogens (tertiary/aromatic N) is 2. The molecule has 1 unspecified atom stereocenters. The molecule has 2 aromatic rings. The molecule has 1 atom stereocenters. The minimum atomic E-state index is -1.24. The summed E-state index contributed by atoms with van der Waals surface area (Å²) in [5.41, 5.74) is 1.49. The van der Waals surface area contributed by atoms with E-state index >= 15 is 0 Å². The van der Waals surface area contributed by atoms with Gasteiger partial charge < -0.3 is 14.6 Å². The lowest BCUT2D eigenvalue weighted by Gasteiger charge is -2.44. The Morgan fingerprint density at radius 2 is 1.94 bits per heavy atom. The second kappa shape index (κ2) is 7.12. The highest BCUT2D eigenvalue weighted by Crippen LogP contribution is 2.50. The predicted octanol–water partition coefficient (Wildman–Crippen LogP) is 3.15. The molecule has 8 heteroatoms. The smallest absolute Gasteiger partial charge is 0.341 e. The van der Waals surface area contributed by atoms with Gasteiger partial charge >= 0.3 is 5.97 Å². The molecule has 1 saturated carbocycles. The number of fused-ring (bicyclic) bond motifs is 6. The van der Waals surface area contributed by atoms with Crippen molar-refractivity contribution < 1.29 is 24.2 Å². The van der Waals surface area contributed by atoms with E-state index in [-0.39, 0.29) is 28.8 Å². The molecule has 1 N–H and O–H groups in total. The lowest BCUT2D eigenvalue weighted by atomic mass is 9.85. The third kappa shape index (κ3) is 3.08. The van der Waals surface area contributed by atoms with Gasteiger partial charge in [0, 0.05) is 36.6 Å². The number of ketones is 1. The molecule has 0 radical (unpaired) electrons. The number of rotatable bonds is 5. The normalized spacial score (nSPS) is 20.8. The van der Waals surface area contributed by atoms with Crippen LogP contribution in [0.2, 0.25) is 0 Å². The summed E-state index contributed by atoms with van der Waals surface area (Å²) >= 11 is 0. The van der Waals surface area contributed by atoms with Gasteiger partial charge in [0.1, 0.15) is 11.3 Å². The van der Waals surface area contributed by atoms with Crippen LogP contribution in [-0.2, 0) is 4.79 Å². The highest BCUT2D eigenvalue weighted by Gasteiger charge is 2.45. The molecule has 2 fully saturated rings. The summed E-state index contributed by atoms with van der Waals surface area (Å²) in [5.74, 6) is 0.427. The molecule has 1 saturated heterocycles. The molecule has 1 aromatic carbocycles. The van der Waals surface area contributed by atoms with E-state index < -0.39 is 11.4 Å². The van der Waals surface area contributed by atoms with Crippen molar-refractivity contribution in [3.05, 3.63) is 45.7 Å². The Morgan fingerprint density at radius 1 is 1.19 bits per heavy atom. The average Bonchev–Trinajstić information content (AvgIpc) is 3.04. The zero-order valence-electron chi connectivity index (χ0n) is 18.4. The zero-order chi connectivity index (χ0) is 22.8. The van der Waals surface area contributed by atoms with Gasteiger partial charge in [0.05, 0.1) is 31.0 Å². The minimum absolute atomic E-state index is 0.00943. The molecule has 0 spiro atoms. The molecule has 1 aliphatic carbocycles. The molecule has 1 aromatic heterocycles. The van der Waals surface area contributed by atoms with Crippen LogP contribution in [0.25, 0.3) is 11.3 Å². The van der Waals surface area contributed by atoms with E-state index in [1.54, 1.807) is 7.11 Å². The number of methoxy groups -OCH3 is 1. The van der Waals surface area contributed by atoms with Gasteiger partial charge in [-0.05, 0) is 44.4 Å². The second-order valence-corrected chi connectivity index (χ2v) is 9.51. The van der Waals surface area contributed by atoms with Gasteiger partial charge in [-0.15, -0.1) is 0 Å². The Morgan fingerprint density at radius 3 is 2.59 bits per heavy atom. The highest BCUT2D eigenvalue weighted by molar-refractivity contribution is 5.88. The van der Waals surface area contributed by atoms with E-state index in [1.807, 2.05) is 16.8 Å². The maximum absolute atomic E-state index is 12.6. The number of carbonyl (C=O) groups excluding carboxylic acids is 1. The number of pyridine rings is 1. The van der Waals surface area contributed by atoms with Crippen molar-refractivity contribution in [1.82, 2.24) is 4.68 Å². The second-order valence-electron chi connectivity index (χ2n) is 9.51. The fourth-order valence-corrected chi connectivity index (χ4v) is 5.20. The van der Waals surface area contributed by atoms with E-state index in [4.69, 9.17) is 9.47 Å². The molecular formula is C24H26N2O6. The number of hydrogen-bond donors (Lipinski definition) is 1. The number of benzene rings is 1. The Bertz CT molecular complexity index is 1190. The van der Waals surface area contributed by atoms with Crippen LogP contribution in [0.5, 0.6) is 11.5 Å². The number of aromatic carboxylic acids is 1. The molecule has 3 heterocycles. The number of carboxylic acid groups (broad SMARTS) is 1. The van der Waals surface area contributed by atoms with Crippen molar-refractivity contribution in [3.63, 3.8) is 0 Å². The number of aromatic nitrogens is 1. The topological polar surface area (TPSA) is 98.1 Å². The average molecular weight is 438 g/mol. The Labute approximate surface area is 185 Å². The summed E-state index contributed by atoms with van der Waals surface area (Å²) in [6.07, 6.45) is 4.35. The van der Waals surface area contributed by atoms with Gasteiger partial charge in [0.2, 0.25) is 0 Å². The number of hydrogen-bond acceptors (Lipinski definition) is 6. The third-order valence-corrected chi connectivity index (χ3v) is 6.92. The Balaban J connectivity index is 1.64. The zero-order valence-corrected chi connectivity index (χ0v) is 18.4. The fraction of sp³-hybridized carbons (Fsp3) is 0.458. The van der Waals surface area contributed by atoms with Crippen molar-refractivity contribution in [2.24, 2.45) is 5.92 Å². The van der Waals surface area contributed by atoms with Crippen LogP contribution in [0.3, 0.4) is 0 Å². The Kier molecular flexibility index (Phi) is 4.58. The van der Waals surface area contributed by atoms with Crippen LogP contribution in [0.1, 0.15) is 61.5 Å². The molecule has 0 bridgehead atoms. The summed E-state index contributed by atoms with van der Waals surface area (Å²) < 4.78 is 13.5. The summed E-state index contributed by atoms with van der Waals surface area (Å²) in [6.45, 7) is 4.70. The molecule has 3 aliphatic rings. The van der Waals surface area contributed by atoms with Crippen LogP contribution in [0, 0.1) is 5.92 Å². The van der Waals surface area contributed by atoms with Crippen LogP contribution >= 0.6 is 0 Å². The van der Waals surface area contributed by atoms with E-state index in [1.165, 1.54) is 12.3 Å².